The molecular formula is C15H20N2O. The van der Waals surface area contributed by atoms with Gasteiger partial charge in [0, 0.05) is 24.3 Å². The predicted molar refractivity (Wildman–Crippen MR) is 74.1 cm³/mol. The van der Waals surface area contributed by atoms with Crippen molar-refractivity contribution in [3.8, 4) is 5.75 Å². The molecule has 18 heavy (non-hydrogen) atoms. The molecule has 1 N–H and O–H groups in total. The fourth-order valence-corrected chi connectivity index (χ4v) is 2.59. The number of ether oxygens (including phenoxy) is 1. The number of piperidine rings is 1. The molecule has 0 unspecified atom stereocenters. The molecule has 3 heteroatoms. The highest BCUT2D eigenvalue weighted by Crippen LogP contribution is 2.19. The van der Waals surface area contributed by atoms with Gasteiger partial charge >= 0.3 is 0 Å². The minimum atomic E-state index is 0.784. The van der Waals surface area contributed by atoms with Gasteiger partial charge in [0.2, 0.25) is 0 Å². The van der Waals surface area contributed by atoms with Crippen molar-refractivity contribution in [3.63, 3.8) is 0 Å². The molecule has 1 aliphatic heterocycles. The lowest BCUT2D eigenvalue weighted by molar-refractivity contribution is 0.183. The van der Waals surface area contributed by atoms with E-state index in [0.717, 1.165) is 24.4 Å². The number of hydrogen-bond donors (Lipinski definition) is 1. The number of fused-ring (bicyclic) bond motifs is 1. The zero-order chi connectivity index (χ0) is 12.2. The van der Waals surface area contributed by atoms with Crippen LogP contribution in [-0.2, 0) is 0 Å². The van der Waals surface area contributed by atoms with Crippen molar-refractivity contribution in [2.24, 2.45) is 0 Å². The molecule has 1 aromatic heterocycles. The number of aromatic amines is 1. The fraction of sp³-hybridized carbons (Fsp3) is 0.467. The number of nitrogens with zero attached hydrogens (tertiary/aromatic N) is 1. The Labute approximate surface area is 108 Å². The van der Waals surface area contributed by atoms with E-state index in [1.54, 1.807) is 0 Å². The third kappa shape index (κ3) is 2.67. The summed E-state index contributed by atoms with van der Waals surface area (Å²) in [6.07, 6.45) is 6.03. The highest BCUT2D eigenvalue weighted by Gasteiger charge is 2.09. The second kappa shape index (κ2) is 5.44. The summed E-state index contributed by atoms with van der Waals surface area (Å²) >= 11 is 0. The summed E-state index contributed by atoms with van der Waals surface area (Å²) in [6.45, 7) is 4.30. The Bertz CT molecular complexity index is 500. The van der Waals surface area contributed by atoms with Crippen LogP contribution in [0.15, 0.2) is 30.5 Å². The minimum absolute atomic E-state index is 0.784. The molecule has 0 atom stereocenters. The molecule has 2 heterocycles. The van der Waals surface area contributed by atoms with Gasteiger partial charge in [-0.25, -0.2) is 0 Å². The summed E-state index contributed by atoms with van der Waals surface area (Å²) < 4.78 is 5.82. The van der Waals surface area contributed by atoms with Gasteiger partial charge in [-0.15, -0.1) is 0 Å². The van der Waals surface area contributed by atoms with Crippen LogP contribution >= 0.6 is 0 Å². The van der Waals surface area contributed by atoms with Crippen molar-refractivity contribution in [1.29, 1.82) is 0 Å². The standard InChI is InChI=1S/C15H20N2O/c1-2-8-17(9-3-1)10-11-18-14-5-4-13-6-7-16-15(13)12-14/h4-7,12,16H,1-3,8-11H2. The summed E-state index contributed by atoms with van der Waals surface area (Å²) in [7, 11) is 0. The van der Waals surface area contributed by atoms with Gasteiger partial charge in [0.1, 0.15) is 12.4 Å². The molecule has 3 nitrogen and oxygen atoms in total. The third-order valence-corrected chi connectivity index (χ3v) is 3.65. The van der Waals surface area contributed by atoms with Crippen LogP contribution in [0, 0.1) is 0 Å². The van der Waals surface area contributed by atoms with Gasteiger partial charge < -0.3 is 9.72 Å². The Balaban J connectivity index is 1.52. The van der Waals surface area contributed by atoms with E-state index in [-0.39, 0.29) is 0 Å². The second-order valence-electron chi connectivity index (χ2n) is 4.98. The van der Waals surface area contributed by atoms with Crippen molar-refractivity contribution in [2.75, 3.05) is 26.2 Å². The molecular weight excluding hydrogens is 224 g/mol. The largest absolute Gasteiger partial charge is 0.492 e. The van der Waals surface area contributed by atoms with Crippen LogP contribution in [0.25, 0.3) is 10.9 Å². The van der Waals surface area contributed by atoms with Gasteiger partial charge in [0.05, 0.1) is 0 Å². The Morgan fingerprint density at radius 3 is 2.89 bits per heavy atom. The van der Waals surface area contributed by atoms with Crippen LogP contribution in [0.2, 0.25) is 0 Å². The lowest BCUT2D eigenvalue weighted by atomic mass is 10.1. The maximum absolute atomic E-state index is 5.82. The first-order valence-corrected chi connectivity index (χ1v) is 6.84. The Hall–Kier alpha value is -1.48. The molecule has 0 spiro atoms. The van der Waals surface area contributed by atoms with E-state index in [9.17, 15) is 0 Å². The number of benzene rings is 1. The number of aromatic nitrogens is 1. The van der Waals surface area contributed by atoms with Gasteiger partial charge in [-0.2, -0.15) is 0 Å². The second-order valence-corrected chi connectivity index (χ2v) is 4.98. The Morgan fingerprint density at radius 2 is 2.00 bits per heavy atom. The lowest BCUT2D eigenvalue weighted by Crippen LogP contribution is -2.33. The summed E-state index contributed by atoms with van der Waals surface area (Å²) in [5.41, 5.74) is 1.14. The van der Waals surface area contributed by atoms with Crippen molar-refractivity contribution < 1.29 is 4.74 Å². The molecule has 1 aliphatic rings. The molecule has 1 saturated heterocycles. The smallest absolute Gasteiger partial charge is 0.121 e. The average molecular weight is 244 g/mol. The summed E-state index contributed by atoms with van der Waals surface area (Å²) in [5, 5.41) is 1.23. The maximum atomic E-state index is 5.82. The van der Waals surface area contributed by atoms with Gasteiger partial charge in [0.25, 0.3) is 0 Å². The first-order chi connectivity index (χ1) is 8.92. The Morgan fingerprint density at radius 1 is 1.11 bits per heavy atom. The maximum Gasteiger partial charge on any atom is 0.121 e. The summed E-state index contributed by atoms with van der Waals surface area (Å²) in [6, 6.07) is 8.30. The monoisotopic (exact) mass is 244 g/mol. The topological polar surface area (TPSA) is 28.3 Å². The van der Waals surface area contributed by atoms with Crippen LogP contribution in [-0.4, -0.2) is 36.1 Å². The normalized spacial score (nSPS) is 17.1. The number of rotatable bonds is 4. The van der Waals surface area contributed by atoms with Gasteiger partial charge in [-0.3, -0.25) is 4.90 Å². The number of H-pyrrole nitrogens is 1. The van der Waals surface area contributed by atoms with Crippen LogP contribution in [0.3, 0.4) is 0 Å². The first kappa shape index (κ1) is 11.6. The quantitative estimate of drug-likeness (QED) is 0.895. The molecule has 0 amide bonds. The van der Waals surface area contributed by atoms with Crippen molar-refractivity contribution in [1.82, 2.24) is 9.88 Å². The van der Waals surface area contributed by atoms with E-state index < -0.39 is 0 Å². The van der Waals surface area contributed by atoms with E-state index >= 15 is 0 Å². The molecule has 0 aliphatic carbocycles. The summed E-state index contributed by atoms with van der Waals surface area (Å²) in [5.74, 6) is 0.960. The van der Waals surface area contributed by atoms with E-state index in [2.05, 4.69) is 28.1 Å². The van der Waals surface area contributed by atoms with E-state index in [1.165, 1.54) is 37.7 Å². The molecule has 0 bridgehead atoms. The highest BCUT2D eigenvalue weighted by atomic mass is 16.5. The van der Waals surface area contributed by atoms with Crippen LogP contribution in [0.5, 0.6) is 5.75 Å². The first-order valence-electron chi connectivity index (χ1n) is 6.84. The molecule has 3 rings (SSSR count). The summed E-state index contributed by atoms with van der Waals surface area (Å²) in [4.78, 5) is 5.71. The molecule has 96 valence electrons. The minimum Gasteiger partial charge on any atom is -0.492 e. The van der Waals surface area contributed by atoms with Gasteiger partial charge in [0.15, 0.2) is 0 Å². The molecule has 1 aromatic carbocycles. The van der Waals surface area contributed by atoms with E-state index in [4.69, 9.17) is 4.74 Å². The van der Waals surface area contributed by atoms with Crippen LogP contribution in [0.1, 0.15) is 19.3 Å². The van der Waals surface area contributed by atoms with E-state index in [0.29, 0.717) is 0 Å². The highest BCUT2D eigenvalue weighted by molar-refractivity contribution is 5.80. The average Bonchev–Trinajstić information content (AvgIpc) is 2.87. The Kier molecular flexibility index (Phi) is 3.51. The van der Waals surface area contributed by atoms with Crippen molar-refractivity contribution >= 4 is 10.9 Å². The lowest BCUT2D eigenvalue weighted by Gasteiger charge is -2.26. The van der Waals surface area contributed by atoms with Crippen molar-refractivity contribution in [3.05, 3.63) is 30.5 Å². The third-order valence-electron chi connectivity index (χ3n) is 3.65. The molecule has 0 saturated carbocycles. The van der Waals surface area contributed by atoms with E-state index in [1.807, 2.05) is 12.3 Å². The zero-order valence-corrected chi connectivity index (χ0v) is 10.7. The van der Waals surface area contributed by atoms with Gasteiger partial charge in [-0.1, -0.05) is 6.42 Å². The fourth-order valence-electron chi connectivity index (χ4n) is 2.59. The van der Waals surface area contributed by atoms with Crippen LogP contribution in [0.4, 0.5) is 0 Å². The number of likely N-dealkylation sites (tertiary alicyclic amines) is 1. The predicted octanol–water partition coefficient (Wildman–Crippen LogP) is 3.03. The SMILES string of the molecule is c1cc2ccc(OCCN3CCCCC3)cc2[nH]1. The molecule has 2 aromatic rings. The number of nitrogens with one attached hydrogen (secondary N) is 1. The van der Waals surface area contributed by atoms with Gasteiger partial charge in [-0.05, 0) is 49.5 Å². The molecule has 1 fully saturated rings. The molecule has 0 radical (unpaired) electrons. The number of hydrogen-bond acceptors (Lipinski definition) is 2. The zero-order valence-electron chi connectivity index (χ0n) is 10.7. The van der Waals surface area contributed by atoms with Crippen molar-refractivity contribution in [2.45, 2.75) is 19.3 Å². The van der Waals surface area contributed by atoms with Crippen LogP contribution < -0.4 is 4.74 Å².